The number of fused-ring (bicyclic) bond motifs is 1. The molecule has 2 aliphatic heterocycles. The second kappa shape index (κ2) is 5.17. The smallest absolute Gasteiger partial charge is 0.263 e. The number of aromatic nitrogens is 3. The van der Waals surface area contributed by atoms with Gasteiger partial charge in [0.2, 0.25) is 0 Å². The maximum atomic E-state index is 6.18. The van der Waals surface area contributed by atoms with Crippen molar-refractivity contribution in [1.82, 2.24) is 20.0 Å². The molecule has 7 heteroatoms. The zero-order chi connectivity index (χ0) is 15.2. The lowest BCUT2D eigenvalue weighted by Crippen LogP contribution is -2.56. The van der Waals surface area contributed by atoms with Crippen molar-refractivity contribution < 1.29 is 9.26 Å². The lowest BCUT2D eigenvalue weighted by molar-refractivity contribution is -0.0884. The fourth-order valence-electron chi connectivity index (χ4n) is 3.50. The highest BCUT2D eigenvalue weighted by molar-refractivity contribution is 5.87. The number of nitrogens with zero attached hydrogens (tertiary/aromatic N) is 5. The summed E-state index contributed by atoms with van der Waals surface area (Å²) >= 11 is 0. The molecular weight excluding hydrogens is 282 g/mol. The first-order chi connectivity index (χ1) is 10.7. The summed E-state index contributed by atoms with van der Waals surface area (Å²) in [5.41, 5.74) is 1.36. The number of hydrogen-bond donors (Lipinski definition) is 0. The number of anilines is 1. The van der Waals surface area contributed by atoms with Crippen LogP contribution in [0.1, 0.15) is 18.5 Å². The van der Waals surface area contributed by atoms with Crippen molar-refractivity contribution in [2.45, 2.75) is 25.4 Å². The van der Waals surface area contributed by atoms with Gasteiger partial charge >= 0.3 is 0 Å². The lowest BCUT2D eigenvalue weighted by atomic mass is 9.89. The number of piperidine rings is 1. The van der Waals surface area contributed by atoms with E-state index in [0.29, 0.717) is 5.71 Å². The van der Waals surface area contributed by atoms with E-state index in [1.807, 2.05) is 6.92 Å². The number of aryl methyl sites for hydroxylation is 1. The minimum atomic E-state index is -0.0485. The van der Waals surface area contributed by atoms with Crippen LogP contribution in [0, 0.1) is 6.92 Å². The summed E-state index contributed by atoms with van der Waals surface area (Å²) in [5, 5.41) is 4.95. The largest absolute Gasteiger partial charge is 0.371 e. The Labute approximate surface area is 129 Å². The van der Waals surface area contributed by atoms with Gasteiger partial charge in [-0.25, -0.2) is 4.98 Å². The summed E-state index contributed by atoms with van der Waals surface area (Å²) in [7, 11) is 2.17. The van der Waals surface area contributed by atoms with Gasteiger partial charge in [-0.2, -0.15) is 4.98 Å². The van der Waals surface area contributed by atoms with E-state index >= 15 is 0 Å². The van der Waals surface area contributed by atoms with Gasteiger partial charge in [0, 0.05) is 26.2 Å². The Hall–Kier alpha value is -1.73. The summed E-state index contributed by atoms with van der Waals surface area (Å²) < 4.78 is 11.4. The van der Waals surface area contributed by atoms with Gasteiger partial charge in [-0.15, -0.1) is 0 Å². The standard InChI is InChI=1S/C15H21N5O2/c1-11-12-13(16-10-17-14(12)22-18-11)20-7-8-21-15(9-20)3-5-19(2)6-4-15/h10H,3-9H2,1-2H3. The van der Waals surface area contributed by atoms with Crippen LogP contribution in [0.3, 0.4) is 0 Å². The first kappa shape index (κ1) is 13.9. The number of likely N-dealkylation sites (tertiary alicyclic amines) is 1. The number of morpholine rings is 1. The van der Waals surface area contributed by atoms with Crippen molar-refractivity contribution >= 4 is 16.9 Å². The van der Waals surface area contributed by atoms with Gasteiger partial charge in [0.25, 0.3) is 5.71 Å². The Morgan fingerprint density at radius 1 is 1.18 bits per heavy atom. The summed E-state index contributed by atoms with van der Waals surface area (Å²) in [6.07, 6.45) is 3.69. The molecule has 2 fully saturated rings. The maximum absolute atomic E-state index is 6.18. The van der Waals surface area contributed by atoms with Crippen molar-refractivity contribution in [3.63, 3.8) is 0 Å². The quantitative estimate of drug-likeness (QED) is 0.785. The van der Waals surface area contributed by atoms with Crippen molar-refractivity contribution in [3.8, 4) is 0 Å². The third kappa shape index (κ3) is 2.24. The van der Waals surface area contributed by atoms with Gasteiger partial charge in [0.15, 0.2) is 0 Å². The third-order valence-electron chi connectivity index (χ3n) is 4.87. The normalized spacial score (nSPS) is 22.5. The van der Waals surface area contributed by atoms with Crippen LogP contribution in [0.2, 0.25) is 0 Å². The van der Waals surface area contributed by atoms with Crippen LogP contribution in [0.15, 0.2) is 10.9 Å². The van der Waals surface area contributed by atoms with E-state index in [9.17, 15) is 0 Å². The fourth-order valence-corrected chi connectivity index (χ4v) is 3.50. The van der Waals surface area contributed by atoms with Crippen LogP contribution >= 0.6 is 0 Å². The zero-order valence-electron chi connectivity index (χ0n) is 13.1. The molecule has 0 radical (unpaired) electrons. The Morgan fingerprint density at radius 3 is 2.82 bits per heavy atom. The average Bonchev–Trinajstić information content (AvgIpc) is 2.92. The molecular formula is C15H21N5O2. The molecule has 0 atom stereocenters. The van der Waals surface area contributed by atoms with E-state index in [1.54, 1.807) is 6.33 Å². The molecule has 0 amide bonds. The molecule has 118 valence electrons. The first-order valence-electron chi connectivity index (χ1n) is 7.81. The van der Waals surface area contributed by atoms with Gasteiger partial charge in [-0.3, -0.25) is 0 Å². The Morgan fingerprint density at radius 2 is 2.00 bits per heavy atom. The molecule has 0 N–H and O–H groups in total. The second-order valence-electron chi connectivity index (χ2n) is 6.40. The molecule has 22 heavy (non-hydrogen) atoms. The molecule has 4 rings (SSSR count). The number of ether oxygens (including phenoxy) is 1. The Bertz CT molecular complexity index is 678. The highest BCUT2D eigenvalue weighted by atomic mass is 16.5. The maximum Gasteiger partial charge on any atom is 0.263 e. The van der Waals surface area contributed by atoms with E-state index in [1.165, 1.54) is 0 Å². The zero-order valence-corrected chi connectivity index (χ0v) is 13.1. The van der Waals surface area contributed by atoms with E-state index in [2.05, 4.69) is 32.0 Å². The minimum Gasteiger partial charge on any atom is -0.371 e. The van der Waals surface area contributed by atoms with Crippen molar-refractivity contribution in [3.05, 3.63) is 12.0 Å². The molecule has 0 saturated carbocycles. The average molecular weight is 303 g/mol. The van der Waals surface area contributed by atoms with E-state index < -0.39 is 0 Å². The molecule has 2 saturated heterocycles. The number of hydrogen-bond acceptors (Lipinski definition) is 7. The molecule has 1 spiro atoms. The van der Waals surface area contributed by atoms with Gasteiger partial charge in [0.1, 0.15) is 17.5 Å². The summed E-state index contributed by atoms with van der Waals surface area (Å²) in [5.74, 6) is 0.922. The van der Waals surface area contributed by atoms with Gasteiger partial charge in [0.05, 0.1) is 17.9 Å². The van der Waals surface area contributed by atoms with E-state index in [-0.39, 0.29) is 5.60 Å². The molecule has 0 bridgehead atoms. The summed E-state index contributed by atoms with van der Waals surface area (Å²) in [6.45, 7) is 6.55. The van der Waals surface area contributed by atoms with Crippen LogP contribution in [-0.4, -0.2) is 65.5 Å². The molecule has 4 heterocycles. The van der Waals surface area contributed by atoms with Gasteiger partial charge in [-0.1, -0.05) is 5.16 Å². The highest BCUT2D eigenvalue weighted by Gasteiger charge is 2.40. The van der Waals surface area contributed by atoms with Gasteiger partial charge < -0.3 is 19.1 Å². The molecule has 0 aromatic carbocycles. The topological polar surface area (TPSA) is 67.5 Å². The predicted octanol–water partition coefficient (Wildman–Crippen LogP) is 1.23. The van der Waals surface area contributed by atoms with Crippen molar-refractivity contribution in [2.24, 2.45) is 0 Å². The van der Waals surface area contributed by atoms with E-state index in [4.69, 9.17) is 9.26 Å². The Balaban J connectivity index is 1.66. The Kier molecular flexibility index (Phi) is 3.27. The number of rotatable bonds is 1. The van der Waals surface area contributed by atoms with Crippen molar-refractivity contribution in [1.29, 1.82) is 0 Å². The highest BCUT2D eigenvalue weighted by Crippen LogP contribution is 2.34. The van der Waals surface area contributed by atoms with Crippen LogP contribution in [0.5, 0.6) is 0 Å². The summed E-state index contributed by atoms with van der Waals surface area (Å²) in [4.78, 5) is 13.3. The predicted molar refractivity (Wildman–Crippen MR) is 82.0 cm³/mol. The van der Waals surface area contributed by atoms with Gasteiger partial charge in [-0.05, 0) is 26.8 Å². The van der Waals surface area contributed by atoms with Crippen molar-refractivity contribution in [2.75, 3.05) is 44.7 Å². The second-order valence-corrected chi connectivity index (χ2v) is 6.40. The summed E-state index contributed by atoms with van der Waals surface area (Å²) in [6, 6.07) is 0. The fraction of sp³-hybridized carbons (Fsp3) is 0.667. The molecule has 0 aliphatic carbocycles. The molecule has 7 nitrogen and oxygen atoms in total. The SMILES string of the molecule is Cc1noc2ncnc(N3CCOC4(CCN(C)CC4)C3)c12. The van der Waals surface area contributed by atoms with Crippen LogP contribution in [0.4, 0.5) is 5.82 Å². The monoisotopic (exact) mass is 303 g/mol. The molecule has 2 aromatic rings. The molecule has 2 aromatic heterocycles. The lowest BCUT2D eigenvalue weighted by Gasteiger charge is -2.47. The molecule has 0 unspecified atom stereocenters. The third-order valence-corrected chi connectivity index (χ3v) is 4.87. The first-order valence-corrected chi connectivity index (χ1v) is 7.81. The minimum absolute atomic E-state index is 0.0485. The van der Waals surface area contributed by atoms with Crippen LogP contribution < -0.4 is 4.90 Å². The van der Waals surface area contributed by atoms with Crippen LogP contribution in [0.25, 0.3) is 11.1 Å². The van der Waals surface area contributed by atoms with E-state index in [0.717, 1.165) is 62.5 Å². The van der Waals surface area contributed by atoms with Crippen LogP contribution in [-0.2, 0) is 4.74 Å². The molecule has 2 aliphatic rings.